The Bertz CT molecular complexity index is 1450. The van der Waals surface area contributed by atoms with Crippen LogP contribution in [-0.4, -0.2) is 37.2 Å². The summed E-state index contributed by atoms with van der Waals surface area (Å²) >= 11 is 0. The van der Waals surface area contributed by atoms with Gasteiger partial charge in [-0.05, 0) is 89.9 Å². The van der Waals surface area contributed by atoms with Gasteiger partial charge in [0.15, 0.2) is 6.10 Å². The lowest BCUT2D eigenvalue weighted by molar-refractivity contribution is -0.167. The van der Waals surface area contributed by atoms with Crippen LogP contribution in [0.15, 0.2) is 72.9 Å². The third-order valence-corrected chi connectivity index (χ3v) is 15.2. The van der Waals surface area contributed by atoms with Crippen molar-refractivity contribution in [2.45, 2.75) is 361 Å². The molecule has 0 aromatic carbocycles. The third kappa shape index (κ3) is 65.5. The van der Waals surface area contributed by atoms with E-state index >= 15 is 0 Å². The number of carbonyl (C=O) groups excluding carboxylic acids is 3. The molecule has 0 aliphatic rings. The number of unbranched alkanes of at least 4 members (excludes halogenated alkanes) is 40. The van der Waals surface area contributed by atoms with Crippen LogP contribution >= 0.6 is 0 Å². The van der Waals surface area contributed by atoms with E-state index in [0.717, 1.165) is 103 Å². The molecule has 0 rings (SSSR count). The molecule has 0 spiro atoms. The molecule has 0 aliphatic carbocycles. The lowest BCUT2D eigenvalue weighted by Crippen LogP contribution is -2.30. The van der Waals surface area contributed by atoms with Crippen LogP contribution in [0.3, 0.4) is 0 Å². The van der Waals surface area contributed by atoms with Crippen molar-refractivity contribution in [3.8, 4) is 0 Å². The van der Waals surface area contributed by atoms with Gasteiger partial charge in [-0.2, -0.15) is 0 Å². The zero-order valence-electron chi connectivity index (χ0n) is 52.6. The van der Waals surface area contributed by atoms with Gasteiger partial charge in [-0.3, -0.25) is 14.4 Å². The summed E-state index contributed by atoms with van der Waals surface area (Å²) in [7, 11) is 0. The Hall–Kier alpha value is -3.15. The number of rotatable bonds is 63. The number of hydrogen-bond acceptors (Lipinski definition) is 6. The van der Waals surface area contributed by atoms with E-state index < -0.39 is 6.10 Å². The van der Waals surface area contributed by atoms with Gasteiger partial charge in [0, 0.05) is 19.3 Å². The SMILES string of the molecule is CC/C=C\C/C=C\C/C=C\C/C=C\C/C=C\CCCCCCCCCC(=O)OC(COC(=O)CCCCCCC/C=C\CCCCCC)COC(=O)CCCCCCCCCCCCCCCCCCCCCCCCCCC. The predicted molar refractivity (Wildman–Crippen MR) is 344 cm³/mol. The molecule has 1 atom stereocenters. The van der Waals surface area contributed by atoms with Crippen molar-refractivity contribution in [1.82, 2.24) is 0 Å². The molecule has 458 valence electrons. The Morgan fingerprint density at radius 2 is 0.494 bits per heavy atom. The monoisotopic (exact) mass is 1100 g/mol. The van der Waals surface area contributed by atoms with E-state index in [4.69, 9.17) is 14.2 Å². The summed E-state index contributed by atoms with van der Waals surface area (Å²) in [5, 5.41) is 0. The van der Waals surface area contributed by atoms with Gasteiger partial charge < -0.3 is 14.2 Å². The van der Waals surface area contributed by atoms with Crippen molar-refractivity contribution in [2.75, 3.05) is 13.2 Å². The lowest BCUT2D eigenvalue weighted by Gasteiger charge is -2.18. The Kier molecular flexibility index (Phi) is 64.7. The summed E-state index contributed by atoms with van der Waals surface area (Å²) in [5.41, 5.74) is 0. The first-order valence-electron chi connectivity index (χ1n) is 34.4. The van der Waals surface area contributed by atoms with Crippen molar-refractivity contribution >= 4 is 17.9 Å². The highest BCUT2D eigenvalue weighted by Crippen LogP contribution is 2.18. The summed E-state index contributed by atoms with van der Waals surface area (Å²) in [6, 6.07) is 0. The average Bonchev–Trinajstić information content (AvgIpc) is 3.45. The van der Waals surface area contributed by atoms with Gasteiger partial charge in [-0.1, -0.05) is 318 Å². The molecule has 0 aromatic rings. The summed E-state index contributed by atoms with van der Waals surface area (Å²) < 4.78 is 17.0. The van der Waals surface area contributed by atoms with Gasteiger partial charge >= 0.3 is 17.9 Å². The van der Waals surface area contributed by atoms with Gasteiger partial charge in [-0.25, -0.2) is 0 Å². The van der Waals surface area contributed by atoms with E-state index in [1.807, 2.05) is 0 Å². The second kappa shape index (κ2) is 67.4. The first-order valence-corrected chi connectivity index (χ1v) is 34.4. The highest BCUT2D eigenvalue weighted by atomic mass is 16.6. The molecule has 0 aliphatic heterocycles. The van der Waals surface area contributed by atoms with Crippen LogP contribution in [0.4, 0.5) is 0 Å². The molecular formula is C73H130O6. The highest BCUT2D eigenvalue weighted by molar-refractivity contribution is 5.71. The molecule has 79 heavy (non-hydrogen) atoms. The second-order valence-corrected chi connectivity index (χ2v) is 23.1. The molecule has 1 unspecified atom stereocenters. The molecule has 0 radical (unpaired) electrons. The van der Waals surface area contributed by atoms with E-state index in [2.05, 4.69) is 93.7 Å². The smallest absolute Gasteiger partial charge is 0.306 e. The van der Waals surface area contributed by atoms with E-state index in [1.54, 1.807) is 0 Å². The quantitative estimate of drug-likeness (QED) is 0.0261. The topological polar surface area (TPSA) is 78.9 Å². The van der Waals surface area contributed by atoms with Crippen LogP contribution in [0.25, 0.3) is 0 Å². The van der Waals surface area contributed by atoms with Crippen LogP contribution in [0.5, 0.6) is 0 Å². The fourth-order valence-electron chi connectivity index (χ4n) is 10.1. The molecule has 0 saturated heterocycles. The summed E-state index contributed by atoms with van der Waals surface area (Å²) in [5.74, 6) is -0.880. The number of allylic oxidation sites excluding steroid dienone is 12. The molecule has 0 bridgehead atoms. The van der Waals surface area contributed by atoms with Gasteiger partial charge in [0.1, 0.15) is 13.2 Å². The van der Waals surface area contributed by atoms with Crippen molar-refractivity contribution in [1.29, 1.82) is 0 Å². The molecule has 0 saturated carbocycles. The molecule has 0 amide bonds. The first-order chi connectivity index (χ1) is 39.0. The molecule has 0 fully saturated rings. The van der Waals surface area contributed by atoms with E-state index in [0.29, 0.717) is 19.3 Å². The standard InChI is InChI=1S/C73H130O6/c1-4-7-10-13-16-19-22-25-27-29-31-33-35-36-38-39-41-43-45-48-51-54-57-60-63-66-72(75)78-69-70(68-77-71(74)65-62-59-56-53-50-47-24-21-18-15-12-9-6-3)79-73(76)67-64-61-58-55-52-49-46-44-42-40-37-34-32-30-28-26-23-20-17-14-11-8-5-2/h8,11,17,20-21,24,26,28,32,34,40,42,70H,4-7,9-10,12-16,18-19,22-23,25,27,29-31,33,35-39,41,43-69H2,1-3H3/b11-8-,20-17-,24-21-,28-26-,34-32-,42-40-. The fourth-order valence-corrected chi connectivity index (χ4v) is 10.1. The minimum absolute atomic E-state index is 0.0793. The molecule has 6 nitrogen and oxygen atoms in total. The molecule has 0 aromatic heterocycles. The van der Waals surface area contributed by atoms with Crippen molar-refractivity contribution < 1.29 is 28.6 Å². The minimum atomic E-state index is -0.785. The largest absolute Gasteiger partial charge is 0.462 e. The summed E-state index contributed by atoms with van der Waals surface area (Å²) in [6.07, 6.45) is 87.8. The number of ether oxygens (including phenoxy) is 3. The van der Waals surface area contributed by atoms with Gasteiger partial charge in [-0.15, -0.1) is 0 Å². The molecular weight excluding hydrogens is 973 g/mol. The van der Waals surface area contributed by atoms with Gasteiger partial charge in [0.2, 0.25) is 0 Å². The maximum atomic E-state index is 12.9. The summed E-state index contributed by atoms with van der Waals surface area (Å²) in [6.45, 7) is 6.55. The van der Waals surface area contributed by atoms with Crippen molar-refractivity contribution in [2.24, 2.45) is 0 Å². The molecule has 6 heteroatoms. The number of carbonyl (C=O) groups is 3. The predicted octanol–water partition coefficient (Wildman–Crippen LogP) is 23.7. The van der Waals surface area contributed by atoms with Crippen LogP contribution in [-0.2, 0) is 28.6 Å². The third-order valence-electron chi connectivity index (χ3n) is 15.2. The first kappa shape index (κ1) is 75.8. The van der Waals surface area contributed by atoms with Crippen molar-refractivity contribution in [3.05, 3.63) is 72.9 Å². The highest BCUT2D eigenvalue weighted by Gasteiger charge is 2.19. The lowest BCUT2D eigenvalue weighted by atomic mass is 10.0. The fraction of sp³-hybridized carbons (Fsp3) is 0.795. The normalized spacial score (nSPS) is 12.5. The van der Waals surface area contributed by atoms with E-state index in [9.17, 15) is 14.4 Å². The van der Waals surface area contributed by atoms with Gasteiger partial charge in [0.05, 0.1) is 0 Å². The van der Waals surface area contributed by atoms with Crippen LogP contribution in [0.1, 0.15) is 355 Å². The Balaban J connectivity index is 4.29. The van der Waals surface area contributed by atoms with Crippen LogP contribution in [0.2, 0.25) is 0 Å². The van der Waals surface area contributed by atoms with Crippen LogP contribution < -0.4 is 0 Å². The van der Waals surface area contributed by atoms with Crippen LogP contribution in [0, 0.1) is 0 Å². The average molecular weight is 1100 g/mol. The zero-order chi connectivity index (χ0) is 57.1. The number of esters is 3. The summed E-state index contributed by atoms with van der Waals surface area (Å²) in [4.78, 5) is 38.4. The number of hydrogen-bond donors (Lipinski definition) is 0. The Morgan fingerprint density at radius 3 is 0.797 bits per heavy atom. The van der Waals surface area contributed by atoms with E-state index in [1.165, 1.54) is 212 Å². The maximum absolute atomic E-state index is 12.9. The maximum Gasteiger partial charge on any atom is 0.306 e. The second-order valence-electron chi connectivity index (χ2n) is 23.1. The van der Waals surface area contributed by atoms with E-state index in [-0.39, 0.29) is 31.1 Å². The molecule has 0 N–H and O–H groups in total. The minimum Gasteiger partial charge on any atom is -0.462 e. The van der Waals surface area contributed by atoms with Gasteiger partial charge in [0.25, 0.3) is 0 Å². The molecule has 0 heterocycles. The Morgan fingerprint density at radius 1 is 0.266 bits per heavy atom. The zero-order valence-corrected chi connectivity index (χ0v) is 52.6. The Labute approximate surface area is 491 Å². The van der Waals surface area contributed by atoms with Crippen molar-refractivity contribution in [3.63, 3.8) is 0 Å².